The molecule has 0 saturated heterocycles. The lowest BCUT2D eigenvalue weighted by Gasteiger charge is -2.10. The number of nitrogens with zero attached hydrogens (tertiary/aromatic N) is 1. The third-order valence-electron chi connectivity index (χ3n) is 2.04. The molecule has 0 amide bonds. The van der Waals surface area contributed by atoms with Gasteiger partial charge in [0.1, 0.15) is 5.56 Å². The van der Waals surface area contributed by atoms with Gasteiger partial charge in [-0.2, -0.15) is 13.2 Å². The van der Waals surface area contributed by atoms with E-state index in [0.717, 1.165) is 12.1 Å². The Bertz CT molecular complexity index is 569. The average Bonchev–Trinajstić information content (AvgIpc) is 2.24. The normalized spacial score (nSPS) is 11.8. The molecule has 0 aliphatic heterocycles. The van der Waals surface area contributed by atoms with Crippen LogP contribution in [0, 0.1) is 10.1 Å². The van der Waals surface area contributed by atoms with Crippen LogP contribution in [0.2, 0.25) is 0 Å². The molecule has 0 heterocycles. The fraction of sp³-hybridized carbons (Fsp3) is 0.100. The van der Waals surface area contributed by atoms with Crippen LogP contribution in [0.5, 0.6) is 0 Å². The highest BCUT2D eigenvalue weighted by atomic mass is 79.9. The Hall–Kier alpha value is -1.90. The number of rotatable bonds is 3. The molecular weight excluding hydrogens is 335 g/mol. The molecule has 0 radical (unpaired) electrons. The second kappa shape index (κ2) is 5.39. The summed E-state index contributed by atoms with van der Waals surface area (Å²) in [5, 5.41) is 19.2. The molecule has 1 aromatic rings. The number of carboxylic acids is 1. The maximum absolute atomic E-state index is 12.7. The van der Waals surface area contributed by atoms with Crippen molar-refractivity contribution in [2.24, 2.45) is 0 Å². The molecule has 0 aliphatic rings. The van der Waals surface area contributed by atoms with Crippen LogP contribution in [0.1, 0.15) is 11.1 Å². The maximum Gasteiger partial charge on any atom is 0.423 e. The van der Waals surface area contributed by atoms with E-state index < -0.39 is 33.9 Å². The van der Waals surface area contributed by atoms with Crippen molar-refractivity contribution < 1.29 is 28.0 Å². The van der Waals surface area contributed by atoms with Crippen LogP contribution in [0.25, 0.3) is 6.08 Å². The van der Waals surface area contributed by atoms with Crippen LogP contribution in [-0.2, 0) is 11.0 Å². The lowest BCUT2D eigenvalue weighted by atomic mass is 10.1. The molecule has 0 unspecified atom stereocenters. The van der Waals surface area contributed by atoms with Crippen LogP contribution in [0.3, 0.4) is 0 Å². The molecule has 1 aromatic carbocycles. The first-order valence-corrected chi connectivity index (χ1v) is 5.39. The van der Waals surface area contributed by atoms with Gasteiger partial charge < -0.3 is 5.11 Å². The Kier molecular flexibility index (Phi) is 4.30. The molecule has 1 N–H and O–H groups in total. The molecule has 5 nitrogen and oxygen atoms in total. The number of nitro groups is 1. The minimum atomic E-state index is -4.91. The summed E-state index contributed by atoms with van der Waals surface area (Å²) in [5.74, 6) is -1.43. The summed E-state index contributed by atoms with van der Waals surface area (Å²) in [6.07, 6.45) is -3.65. The summed E-state index contributed by atoms with van der Waals surface area (Å²) in [4.78, 5) is 19.9. The molecule has 0 bridgehead atoms. The van der Waals surface area contributed by atoms with Crippen molar-refractivity contribution in [1.82, 2.24) is 0 Å². The largest absolute Gasteiger partial charge is 0.478 e. The Morgan fingerprint density at radius 1 is 1.42 bits per heavy atom. The molecule has 0 atom stereocenters. The first-order valence-electron chi connectivity index (χ1n) is 4.59. The fourth-order valence-electron chi connectivity index (χ4n) is 1.32. The van der Waals surface area contributed by atoms with Gasteiger partial charge >= 0.3 is 12.1 Å². The van der Waals surface area contributed by atoms with E-state index in [1.807, 2.05) is 0 Å². The van der Waals surface area contributed by atoms with Crippen molar-refractivity contribution in [2.75, 3.05) is 0 Å². The van der Waals surface area contributed by atoms with Gasteiger partial charge in [-0.25, -0.2) is 4.79 Å². The van der Waals surface area contributed by atoms with Crippen molar-refractivity contribution >= 4 is 33.7 Å². The zero-order chi connectivity index (χ0) is 14.8. The van der Waals surface area contributed by atoms with Gasteiger partial charge in [-0.15, -0.1) is 0 Å². The highest BCUT2D eigenvalue weighted by molar-refractivity contribution is 9.10. The second-order valence-electron chi connectivity index (χ2n) is 3.28. The number of hydrogen-bond acceptors (Lipinski definition) is 3. The van der Waals surface area contributed by atoms with Gasteiger partial charge in [-0.3, -0.25) is 10.1 Å². The van der Waals surface area contributed by atoms with Gasteiger partial charge in [-0.05, 0) is 34.1 Å². The molecular formula is C10H5BrF3NO4. The Labute approximate surface area is 112 Å². The van der Waals surface area contributed by atoms with E-state index in [0.29, 0.717) is 12.1 Å². The molecule has 0 aliphatic carbocycles. The number of nitro benzene ring substituents is 1. The number of benzene rings is 1. The average molecular weight is 340 g/mol. The van der Waals surface area contributed by atoms with E-state index in [1.165, 1.54) is 0 Å². The Morgan fingerprint density at radius 3 is 2.42 bits per heavy atom. The molecule has 0 spiro atoms. The minimum absolute atomic E-state index is 0.00954. The lowest BCUT2D eigenvalue weighted by molar-refractivity contribution is -0.388. The predicted octanol–water partition coefficient (Wildman–Crippen LogP) is 3.47. The topological polar surface area (TPSA) is 80.4 Å². The van der Waals surface area contributed by atoms with Crippen LogP contribution in [0.15, 0.2) is 22.7 Å². The molecule has 1 rings (SSSR count). The lowest BCUT2D eigenvalue weighted by Crippen LogP contribution is -2.10. The molecule has 19 heavy (non-hydrogen) atoms. The molecule has 0 saturated carbocycles. The van der Waals surface area contributed by atoms with Gasteiger partial charge in [0.15, 0.2) is 0 Å². The maximum atomic E-state index is 12.7. The number of hydrogen-bond donors (Lipinski definition) is 1. The zero-order valence-corrected chi connectivity index (χ0v) is 10.5. The van der Waals surface area contributed by atoms with Gasteiger partial charge in [0.2, 0.25) is 0 Å². The Balaban J connectivity index is 3.60. The SMILES string of the molecule is O=C(O)/C=C/c1c(Br)ccc(C(F)(F)F)c1[N+](=O)[O-]. The van der Waals surface area contributed by atoms with Gasteiger partial charge in [0.25, 0.3) is 5.69 Å². The Morgan fingerprint density at radius 2 is 2.00 bits per heavy atom. The first kappa shape index (κ1) is 15.2. The van der Waals surface area contributed by atoms with Crippen molar-refractivity contribution in [3.05, 3.63) is 43.9 Å². The smallest absolute Gasteiger partial charge is 0.423 e. The van der Waals surface area contributed by atoms with Gasteiger partial charge in [-0.1, -0.05) is 0 Å². The highest BCUT2D eigenvalue weighted by Crippen LogP contribution is 2.40. The number of aliphatic carboxylic acids is 1. The quantitative estimate of drug-likeness (QED) is 0.519. The summed E-state index contributed by atoms with van der Waals surface area (Å²) >= 11 is 2.85. The zero-order valence-electron chi connectivity index (χ0n) is 8.94. The van der Waals surface area contributed by atoms with Crippen molar-refractivity contribution in [2.45, 2.75) is 6.18 Å². The monoisotopic (exact) mass is 339 g/mol. The van der Waals surface area contributed by atoms with Crippen LogP contribution in [0.4, 0.5) is 18.9 Å². The highest BCUT2D eigenvalue weighted by Gasteiger charge is 2.40. The van der Waals surface area contributed by atoms with E-state index >= 15 is 0 Å². The van der Waals surface area contributed by atoms with Gasteiger partial charge in [0, 0.05) is 10.5 Å². The summed E-state index contributed by atoms with van der Waals surface area (Å²) in [5.41, 5.74) is -3.09. The van der Waals surface area contributed by atoms with Crippen LogP contribution in [-0.4, -0.2) is 16.0 Å². The summed E-state index contributed by atoms with van der Waals surface area (Å²) in [6, 6.07) is 1.53. The predicted molar refractivity (Wildman–Crippen MR) is 62.5 cm³/mol. The minimum Gasteiger partial charge on any atom is -0.478 e. The van der Waals surface area contributed by atoms with Crippen LogP contribution >= 0.6 is 15.9 Å². The summed E-state index contributed by atoms with van der Waals surface area (Å²) in [6.45, 7) is 0. The van der Waals surface area contributed by atoms with Crippen molar-refractivity contribution in [1.29, 1.82) is 0 Å². The van der Waals surface area contributed by atoms with Crippen molar-refractivity contribution in [3.8, 4) is 0 Å². The van der Waals surface area contributed by atoms with E-state index in [1.54, 1.807) is 0 Å². The molecule has 102 valence electrons. The number of carbonyl (C=O) groups is 1. The number of carboxylic acid groups (broad SMARTS) is 1. The van der Waals surface area contributed by atoms with Crippen LogP contribution < -0.4 is 0 Å². The third-order valence-corrected chi connectivity index (χ3v) is 2.74. The van der Waals surface area contributed by atoms with E-state index in [4.69, 9.17) is 5.11 Å². The number of halogens is 4. The summed E-state index contributed by atoms with van der Waals surface area (Å²) < 4.78 is 38.0. The van der Waals surface area contributed by atoms with E-state index in [-0.39, 0.29) is 4.47 Å². The van der Waals surface area contributed by atoms with E-state index in [2.05, 4.69) is 15.9 Å². The van der Waals surface area contributed by atoms with Gasteiger partial charge in [0.05, 0.1) is 10.5 Å². The third kappa shape index (κ3) is 3.53. The standard InChI is InChI=1S/C10H5BrF3NO4/c11-7-3-2-6(10(12,13)14)9(15(18)19)5(7)1-4-8(16)17/h1-4H,(H,16,17)/b4-1+. The molecule has 0 aromatic heterocycles. The number of alkyl halides is 3. The van der Waals surface area contributed by atoms with E-state index in [9.17, 15) is 28.1 Å². The fourth-order valence-corrected chi connectivity index (χ4v) is 1.77. The summed E-state index contributed by atoms with van der Waals surface area (Å²) in [7, 11) is 0. The first-order chi connectivity index (χ1) is 8.64. The van der Waals surface area contributed by atoms with Crippen molar-refractivity contribution in [3.63, 3.8) is 0 Å². The molecule has 9 heteroatoms. The second-order valence-corrected chi connectivity index (χ2v) is 4.14. The molecule has 0 fully saturated rings.